The van der Waals surface area contributed by atoms with Crippen LogP contribution < -0.4 is 4.80 Å². The molecule has 2 aromatic heterocycles. The highest BCUT2D eigenvalue weighted by atomic mass is 32.1. The van der Waals surface area contributed by atoms with Crippen LogP contribution in [0, 0.1) is 0 Å². The molecule has 0 aliphatic rings. The van der Waals surface area contributed by atoms with Crippen molar-refractivity contribution < 1.29 is 14.3 Å². The second-order valence-electron chi connectivity index (χ2n) is 6.05. The third kappa shape index (κ3) is 5.05. The molecule has 0 N–H and O–H groups in total. The molecule has 0 aliphatic heterocycles. The number of fused-ring (bicyclic) bond motifs is 1. The Morgan fingerprint density at radius 2 is 2.11 bits per heavy atom. The molecule has 0 fully saturated rings. The van der Waals surface area contributed by atoms with Gasteiger partial charge in [0.25, 0.3) is 5.91 Å². The molecule has 0 spiro atoms. The van der Waals surface area contributed by atoms with Crippen LogP contribution in [0.25, 0.3) is 16.3 Å². The maximum atomic E-state index is 12.4. The minimum atomic E-state index is -0.319. The molecule has 1 aromatic carbocycles. The quantitative estimate of drug-likeness (QED) is 0.425. The lowest BCUT2D eigenvalue weighted by Gasteiger charge is -2.05. The molecule has 146 valence electrons. The Balaban J connectivity index is 1.95. The first-order chi connectivity index (χ1) is 13.6. The zero-order valence-electron chi connectivity index (χ0n) is 15.9. The minimum Gasteiger partial charge on any atom is -0.466 e. The molecule has 3 rings (SSSR count). The fraction of sp³-hybridized carbons (Fsp3) is 0.286. The molecule has 0 atom stereocenters. The summed E-state index contributed by atoms with van der Waals surface area (Å²) in [5.74, 6) is -0.574. The van der Waals surface area contributed by atoms with Gasteiger partial charge < -0.3 is 9.30 Å². The minimum absolute atomic E-state index is 0.238. The Morgan fingerprint density at radius 1 is 1.25 bits per heavy atom. The Kier molecular flexibility index (Phi) is 6.95. The summed E-state index contributed by atoms with van der Waals surface area (Å²) in [6.45, 7) is 4.67. The van der Waals surface area contributed by atoms with Crippen molar-refractivity contribution in [3.63, 3.8) is 0 Å². The fourth-order valence-corrected chi connectivity index (χ4v) is 4.49. The summed E-state index contributed by atoms with van der Waals surface area (Å²) < 4.78 is 8.01. The van der Waals surface area contributed by atoms with Crippen LogP contribution in [0.4, 0.5) is 0 Å². The first kappa shape index (κ1) is 20.2. The number of benzene rings is 1. The number of hydrogen-bond acceptors (Lipinski definition) is 5. The van der Waals surface area contributed by atoms with E-state index in [1.54, 1.807) is 24.3 Å². The summed E-state index contributed by atoms with van der Waals surface area (Å²) in [7, 11) is 0. The van der Waals surface area contributed by atoms with E-state index >= 15 is 0 Å². The van der Waals surface area contributed by atoms with Crippen LogP contribution in [0.1, 0.15) is 30.7 Å². The van der Waals surface area contributed by atoms with Crippen molar-refractivity contribution in [1.29, 1.82) is 0 Å². The van der Waals surface area contributed by atoms with Gasteiger partial charge in [0, 0.05) is 17.5 Å². The standard InChI is InChI=1S/C21H22N2O3S2/c1-3-15-7-9-17-18(14-15)28-21(23(17)12-11-20(25)26-4-2)22-19(24)10-8-16-6-5-13-27-16/h5-10,13-14H,3-4,11-12H2,1-2H3/b10-8+,22-21?. The van der Waals surface area contributed by atoms with Crippen LogP contribution >= 0.6 is 22.7 Å². The molecule has 5 nitrogen and oxygen atoms in total. The van der Waals surface area contributed by atoms with Crippen molar-refractivity contribution in [3.05, 3.63) is 57.0 Å². The third-order valence-electron chi connectivity index (χ3n) is 4.14. The summed E-state index contributed by atoms with van der Waals surface area (Å²) >= 11 is 3.03. The molecule has 1 amide bonds. The molecule has 0 saturated heterocycles. The number of hydrogen-bond donors (Lipinski definition) is 0. The molecular formula is C21H22N2O3S2. The van der Waals surface area contributed by atoms with Crippen LogP contribution in [-0.2, 0) is 27.3 Å². The van der Waals surface area contributed by atoms with E-state index in [1.807, 2.05) is 28.1 Å². The molecule has 0 radical (unpaired) electrons. The number of carbonyl (C=O) groups is 2. The largest absolute Gasteiger partial charge is 0.466 e. The number of thiophene rings is 1. The maximum Gasteiger partial charge on any atom is 0.307 e. The number of esters is 1. The second kappa shape index (κ2) is 9.61. The van der Waals surface area contributed by atoms with E-state index in [-0.39, 0.29) is 18.3 Å². The van der Waals surface area contributed by atoms with E-state index in [4.69, 9.17) is 4.74 Å². The van der Waals surface area contributed by atoms with Crippen molar-refractivity contribution in [2.24, 2.45) is 4.99 Å². The number of amides is 1. The summed E-state index contributed by atoms with van der Waals surface area (Å²) in [5.41, 5.74) is 2.20. The van der Waals surface area contributed by atoms with Gasteiger partial charge in [-0.2, -0.15) is 4.99 Å². The molecular weight excluding hydrogens is 392 g/mol. The van der Waals surface area contributed by atoms with Gasteiger partial charge in [-0.3, -0.25) is 9.59 Å². The van der Waals surface area contributed by atoms with Crippen LogP contribution in [0.3, 0.4) is 0 Å². The first-order valence-corrected chi connectivity index (χ1v) is 10.9. The summed E-state index contributed by atoms with van der Waals surface area (Å²) in [4.78, 5) is 30.0. The van der Waals surface area contributed by atoms with E-state index in [2.05, 4.69) is 24.0 Å². The zero-order chi connectivity index (χ0) is 19.9. The number of nitrogens with zero attached hydrogens (tertiary/aromatic N) is 2. The Bertz CT molecular complexity index is 1060. The molecule has 0 aliphatic carbocycles. The van der Waals surface area contributed by atoms with E-state index in [9.17, 15) is 9.59 Å². The molecule has 0 saturated carbocycles. The zero-order valence-corrected chi connectivity index (χ0v) is 17.5. The van der Waals surface area contributed by atoms with E-state index in [0.717, 1.165) is 21.5 Å². The average molecular weight is 415 g/mol. The highest BCUT2D eigenvalue weighted by Gasteiger charge is 2.10. The second-order valence-corrected chi connectivity index (χ2v) is 8.03. The normalized spacial score (nSPS) is 12.1. The van der Waals surface area contributed by atoms with Gasteiger partial charge in [-0.25, -0.2) is 0 Å². The number of aryl methyl sites for hydroxylation is 2. The van der Waals surface area contributed by atoms with Crippen LogP contribution in [0.5, 0.6) is 0 Å². The van der Waals surface area contributed by atoms with Gasteiger partial charge in [0.2, 0.25) is 0 Å². The Hall–Kier alpha value is -2.51. The number of rotatable bonds is 7. The van der Waals surface area contributed by atoms with Gasteiger partial charge in [0.1, 0.15) is 0 Å². The summed E-state index contributed by atoms with van der Waals surface area (Å²) in [5, 5.41) is 1.96. The van der Waals surface area contributed by atoms with Crippen LogP contribution in [0.2, 0.25) is 0 Å². The SMILES string of the molecule is CCOC(=O)CCn1c(=NC(=O)/C=C/c2cccs2)sc2cc(CC)ccc21. The molecule has 28 heavy (non-hydrogen) atoms. The predicted octanol–water partition coefficient (Wildman–Crippen LogP) is 4.42. The lowest BCUT2D eigenvalue weighted by molar-refractivity contribution is -0.143. The van der Waals surface area contributed by atoms with Gasteiger partial charge in [-0.1, -0.05) is 30.4 Å². The fourth-order valence-electron chi connectivity index (χ4n) is 2.75. The summed E-state index contributed by atoms with van der Waals surface area (Å²) in [6.07, 6.45) is 4.42. The number of ether oxygens (including phenoxy) is 1. The lowest BCUT2D eigenvalue weighted by Crippen LogP contribution is -2.19. The number of aromatic nitrogens is 1. The van der Waals surface area contributed by atoms with Gasteiger partial charge >= 0.3 is 5.97 Å². The Morgan fingerprint density at radius 3 is 2.82 bits per heavy atom. The molecule has 0 unspecified atom stereocenters. The third-order valence-corrected chi connectivity index (χ3v) is 6.02. The van der Waals surface area contributed by atoms with E-state index < -0.39 is 0 Å². The highest BCUT2D eigenvalue weighted by molar-refractivity contribution is 7.16. The van der Waals surface area contributed by atoms with Gasteiger partial charge in [0.05, 0.1) is 23.2 Å². The van der Waals surface area contributed by atoms with Crippen LogP contribution in [-0.4, -0.2) is 23.1 Å². The van der Waals surface area contributed by atoms with Gasteiger partial charge in [-0.15, -0.1) is 11.3 Å². The molecule has 7 heteroatoms. The maximum absolute atomic E-state index is 12.4. The van der Waals surface area contributed by atoms with Gasteiger partial charge in [0.15, 0.2) is 4.80 Å². The van der Waals surface area contributed by atoms with Crippen LogP contribution in [0.15, 0.2) is 46.8 Å². The predicted molar refractivity (Wildman–Crippen MR) is 114 cm³/mol. The highest BCUT2D eigenvalue weighted by Crippen LogP contribution is 2.20. The monoisotopic (exact) mass is 414 g/mol. The van der Waals surface area contributed by atoms with Crippen molar-refractivity contribution in [2.75, 3.05) is 6.61 Å². The van der Waals surface area contributed by atoms with Crippen molar-refractivity contribution in [2.45, 2.75) is 33.2 Å². The van der Waals surface area contributed by atoms with E-state index in [0.29, 0.717) is 18.0 Å². The Labute approximate surface area is 171 Å². The van der Waals surface area contributed by atoms with Crippen molar-refractivity contribution in [1.82, 2.24) is 4.57 Å². The summed E-state index contributed by atoms with van der Waals surface area (Å²) in [6, 6.07) is 10.1. The molecule has 3 aromatic rings. The number of thiazole rings is 1. The molecule has 2 heterocycles. The van der Waals surface area contributed by atoms with E-state index in [1.165, 1.54) is 23.0 Å². The first-order valence-electron chi connectivity index (χ1n) is 9.19. The smallest absolute Gasteiger partial charge is 0.307 e. The molecule has 0 bridgehead atoms. The van der Waals surface area contributed by atoms with Gasteiger partial charge in [-0.05, 0) is 48.6 Å². The lowest BCUT2D eigenvalue weighted by atomic mass is 10.2. The number of carbonyl (C=O) groups excluding carboxylic acids is 2. The average Bonchev–Trinajstić information content (AvgIpc) is 3.32. The topological polar surface area (TPSA) is 60.7 Å². The van der Waals surface area contributed by atoms with Crippen molar-refractivity contribution >= 4 is 50.8 Å². The van der Waals surface area contributed by atoms with Crippen molar-refractivity contribution in [3.8, 4) is 0 Å².